The quantitative estimate of drug-likeness (QED) is 0.677. The Morgan fingerprint density at radius 2 is 1.76 bits per heavy atom. The zero-order valence-electron chi connectivity index (χ0n) is 13.9. The van der Waals surface area contributed by atoms with Gasteiger partial charge in [0.2, 0.25) is 0 Å². The number of carboxylic acid groups (broad SMARTS) is 1. The van der Waals surface area contributed by atoms with Gasteiger partial charge >= 0.3 is 5.97 Å². The molecule has 2 aromatic carbocycles. The highest BCUT2D eigenvalue weighted by molar-refractivity contribution is 7.81. The highest BCUT2D eigenvalue weighted by Gasteiger charge is 2.15. The van der Waals surface area contributed by atoms with Crippen LogP contribution >= 0.6 is 12.6 Å². The Balaban J connectivity index is 0.000000326. The highest BCUT2D eigenvalue weighted by atomic mass is 32.1. The van der Waals surface area contributed by atoms with Crippen LogP contribution in [0.2, 0.25) is 0 Å². The molecule has 1 atom stereocenters. The van der Waals surface area contributed by atoms with Crippen LogP contribution in [0.25, 0.3) is 22.6 Å². The molecule has 6 heteroatoms. The number of methoxy groups -OCH3 is 1. The molecule has 0 aliphatic heterocycles. The molecule has 0 amide bonds. The largest absolute Gasteiger partial charge is 0.496 e. The maximum absolute atomic E-state index is 9.62. The lowest BCUT2D eigenvalue weighted by molar-refractivity contribution is -0.136. The monoisotopic (exact) mass is 357 g/mol. The number of ether oxygens (including phenoxy) is 1. The first-order chi connectivity index (χ1) is 12.0. The lowest BCUT2D eigenvalue weighted by Crippen LogP contribution is -2.06. The lowest BCUT2D eigenvalue weighted by Gasteiger charge is -2.07. The maximum Gasteiger partial charge on any atom is 0.316 e. The number of carboxylic acids is 1. The van der Waals surface area contributed by atoms with Crippen LogP contribution in [0, 0.1) is 0 Å². The van der Waals surface area contributed by atoms with Gasteiger partial charge in [-0.25, -0.2) is 4.98 Å². The summed E-state index contributed by atoms with van der Waals surface area (Å²) in [4.78, 5) is 13.9. The number of oxazole rings is 1. The number of rotatable bonds is 4. The molecule has 0 aliphatic carbocycles. The number of hydrogen-bond donors (Lipinski definition) is 2. The summed E-state index contributed by atoms with van der Waals surface area (Å²) in [6.45, 7) is 1.51. The van der Waals surface area contributed by atoms with E-state index in [1.807, 2.05) is 54.6 Å². The van der Waals surface area contributed by atoms with Crippen molar-refractivity contribution in [2.75, 3.05) is 7.11 Å². The Bertz CT molecular complexity index is 815. The number of para-hydroxylation sites is 1. The molecule has 5 nitrogen and oxygen atoms in total. The molecule has 3 rings (SSSR count). The summed E-state index contributed by atoms with van der Waals surface area (Å²) < 4.78 is 10.9. The zero-order chi connectivity index (χ0) is 18.2. The lowest BCUT2D eigenvalue weighted by atomic mass is 10.1. The average Bonchev–Trinajstić information content (AvgIpc) is 3.12. The van der Waals surface area contributed by atoms with E-state index < -0.39 is 11.2 Å². The fourth-order valence-electron chi connectivity index (χ4n) is 2.07. The molecule has 130 valence electrons. The van der Waals surface area contributed by atoms with Gasteiger partial charge in [0.05, 0.1) is 17.9 Å². The van der Waals surface area contributed by atoms with Gasteiger partial charge in [0.25, 0.3) is 0 Å². The molecule has 1 aromatic heterocycles. The third-order valence-corrected chi connectivity index (χ3v) is 3.54. The number of carbonyl (C=O) groups is 1. The van der Waals surface area contributed by atoms with Gasteiger partial charge in [-0.05, 0) is 19.1 Å². The molecule has 1 N–H and O–H groups in total. The minimum absolute atomic E-state index is 0.537. The highest BCUT2D eigenvalue weighted by Crippen LogP contribution is 2.36. The SMILES string of the molecule is CC(S)C(=O)O.COc1ccccc1-c1ocnc1-c1ccccc1. The Labute approximate surface area is 151 Å². The van der Waals surface area contributed by atoms with Gasteiger partial charge in [-0.15, -0.1) is 0 Å². The third kappa shape index (κ3) is 4.87. The van der Waals surface area contributed by atoms with E-state index in [9.17, 15) is 4.79 Å². The van der Waals surface area contributed by atoms with Gasteiger partial charge < -0.3 is 14.3 Å². The second-order valence-corrected chi connectivity index (χ2v) is 5.89. The summed E-state index contributed by atoms with van der Waals surface area (Å²) in [6.07, 6.45) is 1.46. The fraction of sp³-hybridized carbons (Fsp3) is 0.158. The van der Waals surface area contributed by atoms with Crippen molar-refractivity contribution in [3.05, 3.63) is 61.0 Å². The molecule has 0 saturated heterocycles. The van der Waals surface area contributed by atoms with Crippen molar-refractivity contribution in [3.63, 3.8) is 0 Å². The minimum atomic E-state index is -0.877. The molecule has 0 aliphatic rings. The topological polar surface area (TPSA) is 72.6 Å². The van der Waals surface area contributed by atoms with Crippen LogP contribution in [0.5, 0.6) is 5.75 Å². The van der Waals surface area contributed by atoms with E-state index >= 15 is 0 Å². The number of thiol groups is 1. The maximum atomic E-state index is 9.62. The summed E-state index contributed by atoms with van der Waals surface area (Å²) in [5, 5.41) is 7.38. The van der Waals surface area contributed by atoms with Crippen LogP contribution in [0.3, 0.4) is 0 Å². The standard InChI is InChI=1S/C16H13NO2.C3H6O2S/c1-18-14-10-6-5-9-13(14)16-15(17-11-19-16)12-7-3-2-4-8-12;1-2(6)3(4)5/h2-11H,1H3;2,6H,1H3,(H,4,5). The van der Waals surface area contributed by atoms with Crippen molar-refractivity contribution in [3.8, 4) is 28.3 Å². The van der Waals surface area contributed by atoms with Crippen molar-refractivity contribution < 1.29 is 19.1 Å². The van der Waals surface area contributed by atoms with Crippen molar-refractivity contribution in [1.82, 2.24) is 4.98 Å². The van der Waals surface area contributed by atoms with Gasteiger partial charge in [-0.1, -0.05) is 42.5 Å². The molecule has 0 radical (unpaired) electrons. The molecule has 1 heterocycles. The number of nitrogens with zero attached hydrogens (tertiary/aromatic N) is 1. The molecule has 0 saturated carbocycles. The van der Waals surface area contributed by atoms with Crippen molar-refractivity contribution in [2.24, 2.45) is 0 Å². The van der Waals surface area contributed by atoms with Crippen molar-refractivity contribution in [2.45, 2.75) is 12.2 Å². The Morgan fingerprint density at radius 3 is 2.36 bits per heavy atom. The third-order valence-electron chi connectivity index (χ3n) is 3.32. The molecule has 25 heavy (non-hydrogen) atoms. The predicted molar refractivity (Wildman–Crippen MR) is 100 cm³/mol. The predicted octanol–water partition coefficient (Wildman–Crippen LogP) is 4.41. The van der Waals surface area contributed by atoms with Gasteiger partial charge in [-0.3, -0.25) is 4.79 Å². The molecule has 0 spiro atoms. The van der Waals surface area contributed by atoms with Gasteiger partial charge in [0.15, 0.2) is 12.2 Å². The summed E-state index contributed by atoms with van der Waals surface area (Å²) in [6, 6.07) is 17.7. The van der Waals surface area contributed by atoms with E-state index in [1.54, 1.807) is 7.11 Å². The van der Waals surface area contributed by atoms with Crippen LogP contribution < -0.4 is 4.74 Å². The van der Waals surface area contributed by atoms with Crippen LogP contribution in [0.15, 0.2) is 65.4 Å². The van der Waals surface area contributed by atoms with E-state index in [-0.39, 0.29) is 0 Å². The van der Waals surface area contributed by atoms with Crippen LogP contribution in [0.4, 0.5) is 0 Å². The first-order valence-corrected chi connectivity index (χ1v) is 8.09. The summed E-state index contributed by atoms with van der Waals surface area (Å²) in [5.41, 5.74) is 2.75. The summed E-state index contributed by atoms with van der Waals surface area (Å²) in [5.74, 6) is 0.624. The van der Waals surface area contributed by atoms with Crippen molar-refractivity contribution in [1.29, 1.82) is 0 Å². The van der Waals surface area contributed by atoms with E-state index in [4.69, 9.17) is 14.3 Å². The molecular formula is C19H19NO4S. The summed E-state index contributed by atoms with van der Waals surface area (Å²) in [7, 11) is 1.65. The number of benzene rings is 2. The summed E-state index contributed by atoms with van der Waals surface area (Å²) >= 11 is 3.59. The normalized spacial score (nSPS) is 11.2. The van der Waals surface area contributed by atoms with E-state index in [1.165, 1.54) is 13.3 Å². The molecule has 0 fully saturated rings. The van der Waals surface area contributed by atoms with Crippen LogP contribution in [-0.4, -0.2) is 28.4 Å². The molecular weight excluding hydrogens is 338 g/mol. The molecule has 3 aromatic rings. The Hall–Kier alpha value is -2.73. The molecule has 0 bridgehead atoms. The average molecular weight is 357 g/mol. The zero-order valence-corrected chi connectivity index (χ0v) is 14.8. The Morgan fingerprint density at radius 1 is 1.16 bits per heavy atom. The first kappa shape index (κ1) is 18.6. The van der Waals surface area contributed by atoms with E-state index in [0.717, 1.165) is 28.3 Å². The first-order valence-electron chi connectivity index (χ1n) is 7.57. The number of aliphatic carboxylic acids is 1. The van der Waals surface area contributed by atoms with Crippen molar-refractivity contribution >= 4 is 18.6 Å². The number of hydrogen-bond acceptors (Lipinski definition) is 5. The second kappa shape index (κ2) is 8.94. The molecule has 1 unspecified atom stereocenters. The second-order valence-electron chi connectivity index (χ2n) is 5.11. The van der Waals surface area contributed by atoms with Crippen LogP contribution in [-0.2, 0) is 4.79 Å². The van der Waals surface area contributed by atoms with E-state index in [2.05, 4.69) is 17.6 Å². The minimum Gasteiger partial charge on any atom is -0.496 e. The van der Waals surface area contributed by atoms with Gasteiger partial charge in [0.1, 0.15) is 11.4 Å². The fourth-order valence-corrected chi connectivity index (χ4v) is 2.07. The number of aromatic nitrogens is 1. The smallest absolute Gasteiger partial charge is 0.316 e. The Kier molecular flexibility index (Phi) is 6.65. The van der Waals surface area contributed by atoms with Gasteiger partial charge in [0, 0.05) is 5.56 Å². The van der Waals surface area contributed by atoms with E-state index in [0.29, 0.717) is 0 Å². The van der Waals surface area contributed by atoms with Crippen LogP contribution in [0.1, 0.15) is 6.92 Å². The van der Waals surface area contributed by atoms with Gasteiger partial charge in [-0.2, -0.15) is 12.6 Å².